The van der Waals surface area contributed by atoms with Crippen LogP contribution in [0.2, 0.25) is 0 Å². The first-order valence-corrected chi connectivity index (χ1v) is 7.68. The molecule has 4 amide bonds. The van der Waals surface area contributed by atoms with E-state index in [0.717, 1.165) is 0 Å². The summed E-state index contributed by atoms with van der Waals surface area (Å²) in [6.45, 7) is 0.322. The van der Waals surface area contributed by atoms with Crippen LogP contribution in [-0.4, -0.2) is 66.9 Å². The standard InChI is InChI=1S/C13H25N9O3/c1-22-8(6-19-12(16)21-13(17)25)10(24)20-7(5-9(22)23)3-2-4-18-11(14)15/h7-8H,2-6H2,1H3,(H,20,24)(H4,14,15,18)(H5,16,17,19,21,25)/t7-,8-/m1/s1. The number of urea groups is 1. The van der Waals surface area contributed by atoms with E-state index in [9.17, 15) is 14.4 Å². The van der Waals surface area contributed by atoms with Crippen LogP contribution >= 0.6 is 0 Å². The highest BCUT2D eigenvalue weighted by Gasteiger charge is 2.33. The van der Waals surface area contributed by atoms with Crippen LogP contribution in [0.1, 0.15) is 19.3 Å². The number of carbonyl (C=O) groups is 3. The molecule has 2 atom stereocenters. The fourth-order valence-electron chi connectivity index (χ4n) is 2.33. The maximum atomic E-state index is 12.4. The molecule has 12 heteroatoms. The third-order valence-corrected chi connectivity index (χ3v) is 3.62. The minimum atomic E-state index is -0.864. The van der Waals surface area contributed by atoms with Crippen molar-refractivity contribution < 1.29 is 14.4 Å². The van der Waals surface area contributed by atoms with Gasteiger partial charge in [0.25, 0.3) is 0 Å². The van der Waals surface area contributed by atoms with E-state index in [1.165, 1.54) is 11.9 Å². The average Bonchev–Trinajstić information content (AvgIpc) is 2.59. The summed E-state index contributed by atoms with van der Waals surface area (Å²) in [5.41, 5.74) is 20.9. The molecule has 1 heterocycles. The number of amides is 4. The van der Waals surface area contributed by atoms with Crippen LogP contribution in [-0.2, 0) is 9.59 Å². The first kappa shape index (κ1) is 20.0. The number of nitrogens with one attached hydrogen (secondary N) is 2. The molecule has 140 valence electrons. The highest BCUT2D eigenvalue weighted by atomic mass is 16.2. The topological polar surface area (TPSA) is 207 Å². The van der Waals surface area contributed by atoms with E-state index < -0.39 is 12.1 Å². The SMILES string of the molecule is CN1C(=O)C[C@@H](CCCN=C(N)N)NC(=O)[C@H]1CN=C(N)NC(N)=O. The monoisotopic (exact) mass is 355 g/mol. The molecule has 0 spiro atoms. The molecule has 0 aromatic rings. The summed E-state index contributed by atoms with van der Waals surface area (Å²) >= 11 is 0. The van der Waals surface area contributed by atoms with Crippen LogP contribution in [0.4, 0.5) is 4.79 Å². The minimum absolute atomic E-state index is 0.000737. The van der Waals surface area contributed by atoms with E-state index >= 15 is 0 Å². The number of aliphatic imine (C=N–C) groups is 2. The summed E-state index contributed by atoms with van der Waals surface area (Å²) in [6.07, 6.45) is 1.35. The Bertz CT molecular complexity index is 571. The molecule has 1 rings (SSSR count). The lowest BCUT2D eigenvalue weighted by atomic mass is 10.1. The molecule has 25 heavy (non-hydrogen) atoms. The molecule has 1 aliphatic heterocycles. The van der Waals surface area contributed by atoms with Crippen molar-refractivity contribution >= 4 is 29.8 Å². The Morgan fingerprint density at radius 1 is 1.28 bits per heavy atom. The predicted octanol–water partition coefficient (Wildman–Crippen LogP) is -3.26. The van der Waals surface area contributed by atoms with Gasteiger partial charge in [-0.3, -0.25) is 24.9 Å². The van der Waals surface area contributed by atoms with Gasteiger partial charge in [-0.2, -0.15) is 0 Å². The quantitative estimate of drug-likeness (QED) is 0.163. The summed E-state index contributed by atoms with van der Waals surface area (Å²) < 4.78 is 0. The Balaban J connectivity index is 2.68. The van der Waals surface area contributed by atoms with Crippen molar-refractivity contribution in [3.8, 4) is 0 Å². The Morgan fingerprint density at radius 3 is 2.56 bits per heavy atom. The second-order valence-corrected chi connectivity index (χ2v) is 5.59. The zero-order chi connectivity index (χ0) is 19.0. The molecular weight excluding hydrogens is 330 g/mol. The van der Waals surface area contributed by atoms with E-state index in [4.69, 9.17) is 22.9 Å². The van der Waals surface area contributed by atoms with Gasteiger partial charge >= 0.3 is 6.03 Å². The van der Waals surface area contributed by atoms with Crippen molar-refractivity contribution in [2.75, 3.05) is 20.1 Å². The Labute approximate surface area is 145 Å². The van der Waals surface area contributed by atoms with Crippen molar-refractivity contribution in [2.24, 2.45) is 32.9 Å². The largest absolute Gasteiger partial charge is 0.370 e. The third-order valence-electron chi connectivity index (χ3n) is 3.62. The predicted molar refractivity (Wildman–Crippen MR) is 92.2 cm³/mol. The van der Waals surface area contributed by atoms with Gasteiger partial charge < -0.3 is 33.2 Å². The first-order chi connectivity index (χ1) is 11.7. The Hall–Kier alpha value is -3.05. The molecule has 0 unspecified atom stereocenters. The van der Waals surface area contributed by atoms with Gasteiger partial charge in [0.2, 0.25) is 11.8 Å². The first-order valence-electron chi connectivity index (χ1n) is 7.68. The number of guanidine groups is 2. The number of likely N-dealkylation sites (N-methyl/N-ethyl adjacent to an activating group) is 1. The van der Waals surface area contributed by atoms with Crippen LogP contribution in [0.3, 0.4) is 0 Å². The molecule has 1 saturated heterocycles. The Kier molecular flexibility index (Phi) is 7.43. The summed E-state index contributed by atoms with van der Waals surface area (Å²) in [5.74, 6) is -0.775. The zero-order valence-electron chi connectivity index (χ0n) is 14.1. The summed E-state index contributed by atoms with van der Waals surface area (Å²) in [4.78, 5) is 44.3. The van der Waals surface area contributed by atoms with E-state index in [2.05, 4.69) is 20.6 Å². The van der Waals surface area contributed by atoms with Gasteiger partial charge in [0, 0.05) is 26.1 Å². The number of hydrogen-bond acceptors (Lipinski definition) is 5. The van der Waals surface area contributed by atoms with E-state index in [1.54, 1.807) is 0 Å². The van der Waals surface area contributed by atoms with Gasteiger partial charge in [0.1, 0.15) is 6.04 Å². The van der Waals surface area contributed by atoms with Gasteiger partial charge in [0.05, 0.1) is 6.54 Å². The average molecular weight is 355 g/mol. The summed E-state index contributed by atoms with van der Waals surface area (Å²) in [6, 6.07) is -2.01. The van der Waals surface area contributed by atoms with Gasteiger partial charge in [0.15, 0.2) is 11.9 Å². The lowest BCUT2D eigenvalue weighted by molar-refractivity contribution is -0.135. The molecular formula is C13H25N9O3. The minimum Gasteiger partial charge on any atom is -0.370 e. The highest BCUT2D eigenvalue weighted by Crippen LogP contribution is 2.13. The fraction of sp³-hybridized carbons (Fsp3) is 0.615. The lowest BCUT2D eigenvalue weighted by Crippen LogP contribution is -2.48. The molecule has 0 bridgehead atoms. The zero-order valence-corrected chi connectivity index (χ0v) is 14.1. The molecule has 10 N–H and O–H groups in total. The number of hydrogen-bond donors (Lipinski definition) is 6. The second kappa shape index (κ2) is 9.30. The lowest BCUT2D eigenvalue weighted by Gasteiger charge is -2.22. The molecule has 1 aliphatic rings. The van der Waals surface area contributed by atoms with Gasteiger partial charge in [-0.1, -0.05) is 0 Å². The molecule has 0 aromatic carbocycles. The number of nitrogens with two attached hydrogens (primary N) is 4. The normalized spacial score (nSPS) is 21.3. The van der Waals surface area contributed by atoms with Crippen molar-refractivity contribution in [3.05, 3.63) is 0 Å². The van der Waals surface area contributed by atoms with Crippen LogP contribution in [0.15, 0.2) is 9.98 Å². The van der Waals surface area contributed by atoms with Crippen LogP contribution < -0.4 is 33.6 Å². The number of nitrogens with zero attached hydrogens (tertiary/aromatic N) is 3. The van der Waals surface area contributed by atoms with Gasteiger partial charge in [-0.05, 0) is 12.8 Å². The van der Waals surface area contributed by atoms with E-state index in [-0.39, 0.29) is 42.7 Å². The van der Waals surface area contributed by atoms with Crippen molar-refractivity contribution in [1.29, 1.82) is 0 Å². The van der Waals surface area contributed by atoms with E-state index in [0.29, 0.717) is 19.4 Å². The molecule has 0 radical (unpaired) electrons. The summed E-state index contributed by atoms with van der Waals surface area (Å²) in [7, 11) is 1.52. The van der Waals surface area contributed by atoms with Gasteiger partial charge in [-0.25, -0.2) is 4.79 Å². The van der Waals surface area contributed by atoms with Crippen LogP contribution in [0.25, 0.3) is 0 Å². The van der Waals surface area contributed by atoms with Crippen LogP contribution in [0.5, 0.6) is 0 Å². The molecule has 0 saturated carbocycles. The number of primary amides is 1. The maximum Gasteiger partial charge on any atom is 0.318 e. The molecule has 0 aliphatic carbocycles. The van der Waals surface area contributed by atoms with Gasteiger partial charge in [-0.15, -0.1) is 0 Å². The molecule has 12 nitrogen and oxygen atoms in total. The fourth-order valence-corrected chi connectivity index (χ4v) is 2.33. The summed E-state index contributed by atoms with van der Waals surface area (Å²) in [5, 5.41) is 4.90. The molecule has 0 aromatic heterocycles. The van der Waals surface area contributed by atoms with Crippen molar-refractivity contribution in [2.45, 2.75) is 31.3 Å². The Morgan fingerprint density at radius 2 is 1.96 bits per heavy atom. The number of carbonyl (C=O) groups excluding carboxylic acids is 3. The van der Waals surface area contributed by atoms with E-state index in [1.807, 2.05) is 0 Å². The smallest absolute Gasteiger partial charge is 0.318 e. The number of rotatable bonds is 6. The molecule has 1 fully saturated rings. The maximum absolute atomic E-state index is 12.4. The second-order valence-electron chi connectivity index (χ2n) is 5.59. The highest BCUT2D eigenvalue weighted by molar-refractivity contribution is 5.95. The van der Waals surface area contributed by atoms with Crippen LogP contribution in [0, 0.1) is 0 Å². The third kappa shape index (κ3) is 6.93. The van der Waals surface area contributed by atoms with Crippen molar-refractivity contribution in [3.63, 3.8) is 0 Å². The van der Waals surface area contributed by atoms with Crippen molar-refractivity contribution in [1.82, 2.24) is 15.5 Å².